The highest BCUT2D eigenvalue weighted by Gasteiger charge is 2.33. The molecule has 0 saturated carbocycles. The monoisotopic (exact) mass is 127 g/mol. The molecule has 2 unspecified atom stereocenters. The van der Waals surface area contributed by atoms with Gasteiger partial charge in [-0.3, -0.25) is 0 Å². The molecule has 0 radical (unpaired) electrons. The van der Waals surface area contributed by atoms with E-state index in [1.54, 1.807) is 0 Å². The van der Waals surface area contributed by atoms with Crippen molar-refractivity contribution in [1.82, 2.24) is 4.90 Å². The maximum absolute atomic E-state index is 8.14. The van der Waals surface area contributed by atoms with E-state index in [2.05, 4.69) is 4.90 Å². The van der Waals surface area contributed by atoms with E-state index in [1.165, 1.54) is 0 Å². The summed E-state index contributed by atoms with van der Waals surface area (Å²) < 4.78 is 16.1. The fourth-order valence-electron chi connectivity index (χ4n) is 1.91. The van der Waals surface area contributed by atoms with Crippen LogP contribution in [0.15, 0.2) is 0 Å². The van der Waals surface area contributed by atoms with Crippen LogP contribution in [0.5, 0.6) is 0 Å². The highest BCUT2D eigenvalue weighted by atomic mass is 15.2. The molecule has 52 valence electrons. The summed E-state index contributed by atoms with van der Waals surface area (Å²) in [7, 11) is 0. The molecule has 0 aliphatic carbocycles. The second-order valence-corrected chi connectivity index (χ2v) is 3.07. The summed E-state index contributed by atoms with van der Waals surface area (Å²) in [6.07, 6.45) is 2.88. The van der Waals surface area contributed by atoms with Crippen LogP contribution >= 0.6 is 0 Å². The molecule has 2 heterocycles. The van der Waals surface area contributed by atoms with Gasteiger partial charge >= 0.3 is 0 Å². The van der Waals surface area contributed by atoms with Crippen molar-refractivity contribution >= 4 is 0 Å². The zero-order valence-corrected chi connectivity index (χ0v) is 5.98. The standard InChI is InChI=1S/C8H15N/c1-7-4-6-9-5-2-3-8(7)9/h7-8H,2-6H2,1H3/i7D,8D. The van der Waals surface area contributed by atoms with Gasteiger partial charge in [-0.15, -0.1) is 0 Å². The first-order valence-electron chi connectivity index (χ1n) is 4.81. The molecule has 0 amide bonds. The Kier molecular flexibility index (Phi) is 0.873. The second kappa shape index (κ2) is 1.98. The topological polar surface area (TPSA) is 3.24 Å². The maximum Gasteiger partial charge on any atom is 0.0470 e. The molecule has 0 bridgehead atoms. The Morgan fingerprint density at radius 2 is 2.33 bits per heavy atom. The minimum Gasteiger partial charge on any atom is -0.300 e. The molecule has 2 atom stereocenters. The lowest BCUT2D eigenvalue weighted by Gasteiger charge is -2.16. The fraction of sp³-hybridized carbons (Fsp3) is 1.00. The van der Waals surface area contributed by atoms with Gasteiger partial charge in [-0.2, -0.15) is 0 Å². The van der Waals surface area contributed by atoms with E-state index in [1.807, 2.05) is 6.92 Å². The van der Waals surface area contributed by atoms with E-state index in [9.17, 15) is 0 Å². The van der Waals surface area contributed by atoms with Gasteiger partial charge in [0.15, 0.2) is 0 Å². The molecular weight excluding hydrogens is 110 g/mol. The average Bonchev–Trinajstić information content (AvgIpc) is 2.36. The number of hydrogen-bond donors (Lipinski definition) is 0. The van der Waals surface area contributed by atoms with E-state index in [-0.39, 0.29) is 0 Å². The van der Waals surface area contributed by atoms with E-state index in [4.69, 9.17) is 2.74 Å². The summed E-state index contributed by atoms with van der Waals surface area (Å²) in [5, 5.41) is 0. The average molecular weight is 127 g/mol. The molecular formula is C8H15N. The molecule has 0 spiro atoms. The Morgan fingerprint density at radius 1 is 1.44 bits per heavy atom. The van der Waals surface area contributed by atoms with Gasteiger partial charge in [0.1, 0.15) is 0 Å². The van der Waals surface area contributed by atoms with Crippen LogP contribution in [0.25, 0.3) is 0 Å². The third-order valence-electron chi connectivity index (χ3n) is 2.47. The number of rotatable bonds is 0. The van der Waals surface area contributed by atoms with Gasteiger partial charge in [0.2, 0.25) is 0 Å². The van der Waals surface area contributed by atoms with Crippen LogP contribution in [-0.2, 0) is 0 Å². The Morgan fingerprint density at radius 3 is 3.11 bits per heavy atom. The van der Waals surface area contributed by atoms with Crippen molar-refractivity contribution in [2.45, 2.75) is 32.2 Å². The van der Waals surface area contributed by atoms with Gasteiger partial charge in [-0.1, -0.05) is 6.92 Å². The first kappa shape index (κ1) is 3.97. The highest BCUT2D eigenvalue weighted by molar-refractivity contribution is 4.88. The highest BCUT2D eigenvalue weighted by Crippen LogP contribution is 2.31. The maximum atomic E-state index is 8.14. The zero-order valence-electron chi connectivity index (χ0n) is 7.98. The first-order valence-corrected chi connectivity index (χ1v) is 3.81. The summed E-state index contributed by atoms with van der Waals surface area (Å²) in [6.45, 7) is 3.91. The van der Waals surface area contributed by atoms with Gasteiger partial charge in [-0.05, 0) is 38.2 Å². The third kappa shape index (κ3) is 0.787. The smallest absolute Gasteiger partial charge is 0.0470 e. The number of nitrogens with zero attached hydrogens (tertiary/aromatic N) is 1. The van der Waals surface area contributed by atoms with Gasteiger partial charge in [0.05, 0.1) is 0 Å². The van der Waals surface area contributed by atoms with Crippen LogP contribution in [-0.4, -0.2) is 24.0 Å². The predicted molar refractivity (Wildman–Crippen MR) is 38.4 cm³/mol. The van der Waals surface area contributed by atoms with E-state index in [0.717, 1.165) is 32.4 Å². The molecule has 0 aromatic carbocycles. The summed E-state index contributed by atoms with van der Waals surface area (Å²) >= 11 is 0. The van der Waals surface area contributed by atoms with Crippen molar-refractivity contribution in [3.05, 3.63) is 0 Å². The molecule has 2 rings (SSSR count). The van der Waals surface area contributed by atoms with Crippen molar-refractivity contribution in [1.29, 1.82) is 0 Å². The quantitative estimate of drug-likeness (QED) is 0.476. The third-order valence-corrected chi connectivity index (χ3v) is 2.47. The van der Waals surface area contributed by atoms with Crippen molar-refractivity contribution in [2.75, 3.05) is 13.1 Å². The fourth-order valence-corrected chi connectivity index (χ4v) is 1.91. The molecule has 0 aromatic heterocycles. The molecule has 2 saturated heterocycles. The number of hydrogen-bond acceptors (Lipinski definition) is 1. The first-order chi connectivity index (χ1) is 5.06. The Labute approximate surface area is 59.9 Å². The van der Waals surface area contributed by atoms with E-state index < -0.39 is 11.9 Å². The normalized spacial score (nSPS) is 63.2. The van der Waals surface area contributed by atoms with Crippen LogP contribution in [0.1, 0.15) is 28.9 Å². The lowest BCUT2D eigenvalue weighted by Crippen LogP contribution is -2.24. The van der Waals surface area contributed by atoms with E-state index in [0.29, 0.717) is 0 Å². The summed E-state index contributed by atoms with van der Waals surface area (Å²) in [4.78, 5) is 2.17. The van der Waals surface area contributed by atoms with Crippen molar-refractivity contribution in [2.24, 2.45) is 5.89 Å². The molecule has 0 N–H and O–H groups in total. The molecule has 2 fully saturated rings. The van der Waals surface area contributed by atoms with Crippen LogP contribution in [0.3, 0.4) is 0 Å². The van der Waals surface area contributed by atoms with Gasteiger partial charge in [0.25, 0.3) is 0 Å². The van der Waals surface area contributed by atoms with Gasteiger partial charge in [0, 0.05) is 8.76 Å². The Bertz CT molecular complexity index is 181. The molecule has 2 aliphatic heterocycles. The minimum absolute atomic E-state index is 0.524. The van der Waals surface area contributed by atoms with Crippen molar-refractivity contribution < 1.29 is 2.74 Å². The Hall–Kier alpha value is -0.0400. The van der Waals surface area contributed by atoms with Crippen LogP contribution in [0.2, 0.25) is 0 Å². The minimum atomic E-state index is -0.549. The number of fused-ring (bicyclic) bond motifs is 1. The van der Waals surface area contributed by atoms with Crippen LogP contribution in [0, 0.1) is 5.89 Å². The summed E-state index contributed by atoms with van der Waals surface area (Å²) in [5.41, 5.74) is 0. The zero-order chi connectivity index (χ0) is 8.11. The lowest BCUT2D eigenvalue weighted by molar-refractivity contribution is 0.298. The lowest BCUT2D eigenvalue weighted by atomic mass is 10.0. The second-order valence-electron chi connectivity index (χ2n) is 3.07. The van der Waals surface area contributed by atoms with Crippen LogP contribution < -0.4 is 0 Å². The van der Waals surface area contributed by atoms with Gasteiger partial charge < -0.3 is 4.90 Å². The van der Waals surface area contributed by atoms with Crippen LogP contribution in [0.4, 0.5) is 0 Å². The predicted octanol–water partition coefficient (Wildman–Crippen LogP) is 1.49. The van der Waals surface area contributed by atoms with Crippen molar-refractivity contribution in [3.8, 4) is 0 Å². The van der Waals surface area contributed by atoms with Gasteiger partial charge in [-0.25, -0.2) is 0 Å². The van der Waals surface area contributed by atoms with Crippen molar-refractivity contribution in [3.63, 3.8) is 0 Å². The molecule has 1 nitrogen and oxygen atoms in total. The summed E-state index contributed by atoms with van der Waals surface area (Å²) in [6, 6.07) is -0.549. The van der Waals surface area contributed by atoms with E-state index >= 15 is 0 Å². The Balaban J connectivity index is 2.30. The molecule has 0 aromatic rings. The SMILES string of the molecule is [2H]C1(C)CCN2CCCC21[2H]. The molecule has 9 heavy (non-hydrogen) atoms. The molecule has 1 heteroatoms. The molecule has 2 aliphatic rings. The summed E-state index contributed by atoms with van der Waals surface area (Å²) in [5.74, 6) is -0.524. The largest absolute Gasteiger partial charge is 0.300 e.